The molecule has 24 heavy (non-hydrogen) atoms. The summed E-state index contributed by atoms with van der Waals surface area (Å²) < 4.78 is 22.5. The molecule has 1 aliphatic heterocycles. The van der Waals surface area contributed by atoms with Gasteiger partial charge in [-0.1, -0.05) is 30.3 Å². The first-order chi connectivity index (χ1) is 11.4. The standard InChI is InChI=1S/C18H16ClNO3S/c19-24(22,23)11-12-7-18(21)20(10-12)15-5-6-17-14(9-15)8-13-3-1-2-4-16(13)17/h1-6,9,12H,7-8,10-11H2. The zero-order chi connectivity index (χ0) is 16.9. The summed E-state index contributed by atoms with van der Waals surface area (Å²) in [6, 6.07) is 14.3. The molecule has 1 heterocycles. The molecule has 1 atom stereocenters. The lowest BCUT2D eigenvalue weighted by atomic mass is 10.1. The Balaban J connectivity index is 1.61. The summed E-state index contributed by atoms with van der Waals surface area (Å²) in [4.78, 5) is 14.0. The summed E-state index contributed by atoms with van der Waals surface area (Å²) in [6.07, 6.45) is 1.09. The molecule has 4 rings (SSSR count). The van der Waals surface area contributed by atoms with Crippen molar-refractivity contribution in [3.63, 3.8) is 0 Å². The van der Waals surface area contributed by atoms with Gasteiger partial charge in [-0.05, 0) is 40.8 Å². The Bertz CT molecular complexity index is 939. The number of rotatable bonds is 3. The van der Waals surface area contributed by atoms with Crippen LogP contribution in [0.15, 0.2) is 42.5 Å². The van der Waals surface area contributed by atoms with E-state index in [0.717, 1.165) is 12.1 Å². The number of hydrogen-bond donors (Lipinski definition) is 0. The van der Waals surface area contributed by atoms with E-state index in [-0.39, 0.29) is 24.0 Å². The van der Waals surface area contributed by atoms with Crippen LogP contribution in [0, 0.1) is 5.92 Å². The molecule has 0 bridgehead atoms. The second kappa shape index (κ2) is 5.60. The van der Waals surface area contributed by atoms with Crippen LogP contribution in [0.5, 0.6) is 0 Å². The van der Waals surface area contributed by atoms with E-state index >= 15 is 0 Å². The van der Waals surface area contributed by atoms with Gasteiger partial charge in [0.2, 0.25) is 15.0 Å². The average Bonchev–Trinajstić information content (AvgIpc) is 3.05. The van der Waals surface area contributed by atoms with Crippen molar-refractivity contribution < 1.29 is 13.2 Å². The van der Waals surface area contributed by atoms with Gasteiger partial charge in [0.1, 0.15) is 0 Å². The van der Waals surface area contributed by atoms with Crippen LogP contribution in [-0.4, -0.2) is 26.6 Å². The van der Waals surface area contributed by atoms with E-state index in [9.17, 15) is 13.2 Å². The minimum atomic E-state index is -3.59. The van der Waals surface area contributed by atoms with Gasteiger partial charge >= 0.3 is 0 Å². The third-order valence-corrected chi connectivity index (χ3v) is 5.98. The summed E-state index contributed by atoms with van der Waals surface area (Å²) in [5.74, 6) is -0.450. The van der Waals surface area contributed by atoms with E-state index in [0.29, 0.717) is 6.54 Å². The third kappa shape index (κ3) is 2.82. The Morgan fingerprint density at radius 1 is 1.08 bits per heavy atom. The van der Waals surface area contributed by atoms with Crippen LogP contribution >= 0.6 is 10.7 Å². The molecule has 2 aliphatic rings. The normalized spacial score (nSPS) is 19.5. The van der Waals surface area contributed by atoms with Gasteiger partial charge in [0, 0.05) is 35.3 Å². The van der Waals surface area contributed by atoms with Crippen LogP contribution in [0.4, 0.5) is 5.69 Å². The number of nitrogens with zero attached hydrogens (tertiary/aromatic N) is 1. The van der Waals surface area contributed by atoms with Crippen molar-refractivity contribution in [3.05, 3.63) is 53.6 Å². The number of hydrogen-bond acceptors (Lipinski definition) is 3. The van der Waals surface area contributed by atoms with E-state index in [1.54, 1.807) is 4.90 Å². The van der Waals surface area contributed by atoms with Gasteiger partial charge < -0.3 is 4.90 Å². The fraction of sp³-hybridized carbons (Fsp3) is 0.278. The predicted molar refractivity (Wildman–Crippen MR) is 94.8 cm³/mol. The molecule has 0 saturated carbocycles. The van der Waals surface area contributed by atoms with Crippen LogP contribution in [-0.2, 0) is 20.3 Å². The maximum absolute atomic E-state index is 12.3. The molecule has 124 valence electrons. The number of fused-ring (bicyclic) bond motifs is 3. The minimum absolute atomic E-state index is 0.0456. The minimum Gasteiger partial charge on any atom is -0.312 e. The molecule has 1 saturated heterocycles. The second-order valence-electron chi connectivity index (χ2n) is 6.46. The van der Waals surface area contributed by atoms with Gasteiger partial charge in [0.15, 0.2) is 0 Å². The van der Waals surface area contributed by atoms with Crippen LogP contribution < -0.4 is 4.90 Å². The smallest absolute Gasteiger partial charge is 0.232 e. The first-order valence-corrected chi connectivity index (χ1v) is 10.3. The lowest BCUT2D eigenvalue weighted by Gasteiger charge is -2.18. The molecular formula is C18H16ClNO3S. The molecule has 0 radical (unpaired) electrons. The molecule has 1 aliphatic carbocycles. The highest BCUT2D eigenvalue weighted by Gasteiger charge is 2.33. The highest BCUT2D eigenvalue weighted by atomic mass is 35.7. The molecule has 0 spiro atoms. The topological polar surface area (TPSA) is 54.5 Å². The lowest BCUT2D eigenvalue weighted by molar-refractivity contribution is -0.117. The van der Waals surface area contributed by atoms with Crippen LogP contribution in [0.25, 0.3) is 11.1 Å². The molecule has 0 N–H and O–H groups in total. The molecule has 1 amide bonds. The Labute approximate surface area is 145 Å². The molecule has 2 aromatic carbocycles. The zero-order valence-electron chi connectivity index (χ0n) is 12.9. The van der Waals surface area contributed by atoms with Gasteiger partial charge in [-0.15, -0.1) is 0 Å². The monoisotopic (exact) mass is 361 g/mol. The fourth-order valence-electron chi connectivity index (χ4n) is 3.72. The van der Waals surface area contributed by atoms with E-state index in [2.05, 4.69) is 18.2 Å². The lowest BCUT2D eigenvalue weighted by Crippen LogP contribution is -2.25. The van der Waals surface area contributed by atoms with Crippen LogP contribution in [0.1, 0.15) is 17.5 Å². The maximum Gasteiger partial charge on any atom is 0.232 e. The SMILES string of the molecule is O=C1CC(CS(=O)(=O)Cl)CN1c1ccc2c(c1)Cc1ccccc1-2. The van der Waals surface area contributed by atoms with Gasteiger partial charge in [-0.25, -0.2) is 8.42 Å². The second-order valence-corrected chi connectivity index (χ2v) is 9.28. The summed E-state index contributed by atoms with van der Waals surface area (Å²) in [5.41, 5.74) is 5.79. The Morgan fingerprint density at radius 2 is 1.83 bits per heavy atom. The van der Waals surface area contributed by atoms with E-state index in [1.165, 1.54) is 22.3 Å². The van der Waals surface area contributed by atoms with Crippen molar-refractivity contribution in [2.45, 2.75) is 12.8 Å². The number of anilines is 1. The zero-order valence-corrected chi connectivity index (χ0v) is 14.5. The summed E-state index contributed by atoms with van der Waals surface area (Å²) in [6.45, 7) is 0.399. The first-order valence-electron chi connectivity index (χ1n) is 7.84. The molecular weight excluding hydrogens is 346 g/mol. The van der Waals surface area contributed by atoms with Crippen molar-refractivity contribution in [1.82, 2.24) is 0 Å². The molecule has 1 unspecified atom stereocenters. The van der Waals surface area contributed by atoms with E-state index < -0.39 is 9.05 Å². The largest absolute Gasteiger partial charge is 0.312 e. The van der Waals surface area contributed by atoms with Crippen molar-refractivity contribution in [2.24, 2.45) is 5.92 Å². The van der Waals surface area contributed by atoms with Gasteiger partial charge in [-0.3, -0.25) is 4.79 Å². The summed E-state index contributed by atoms with van der Waals surface area (Å²) in [7, 11) is 1.74. The van der Waals surface area contributed by atoms with Crippen molar-refractivity contribution in [1.29, 1.82) is 0 Å². The Kier molecular flexibility index (Phi) is 3.66. The number of carbonyl (C=O) groups excluding carboxylic acids is 1. The summed E-state index contributed by atoms with van der Waals surface area (Å²) >= 11 is 0. The number of carbonyl (C=O) groups is 1. The highest BCUT2D eigenvalue weighted by molar-refractivity contribution is 8.13. The highest BCUT2D eigenvalue weighted by Crippen LogP contribution is 2.39. The maximum atomic E-state index is 12.3. The molecule has 6 heteroatoms. The first kappa shape index (κ1) is 15.7. The van der Waals surface area contributed by atoms with E-state index in [1.807, 2.05) is 24.3 Å². The molecule has 2 aromatic rings. The number of amides is 1. The quantitative estimate of drug-likeness (QED) is 0.673. The molecule has 0 aromatic heterocycles. The molecule has 4 nitrogen and oxygen atoms in total. The number of benzene rings is 2. The van der Waals surface area contributed by atoms with Crippen molar-refractivity contribution in [2.75, 3.05) is 17.2 Å². The third-order valence-electron chi connectivity index (χ3n) is 4.73. The Hall–Kier alpha value is -1.85. The Morgan fingerprint density at radius 3 is 2.62 bits per heavy atom. The van der Waals surface area contributed by atoms with E-state index in [4.69, 9.17) is 10.7 Å². The van der Waals surface area contributed by atoms with Gasteiger partial charge in [0.25, 0.3) is 0 Å². The molecule has 1 fully saturated rings. The predicted octanol–water partition coefficient (Wildman–Crippen LogP) is 3.18. The van der Waals surface area contributed by atoms with Gasteiger partial charge in [0.05, 0.1) is 5.75 Å². The van der Waals surface area contributed by atoms with Crippen LogP contribution in [0.2, 0.25) is 0 Å². The van der Waals surface area contributed by atoms with Crippen molar-refractivity contribution in [3.8, 4) is 11.1 Å². The van der Waals surface area contributed by atoms with Gasteiger partial charge in [-0.2, -0.15) is 0 Å². The fourth-order valence-corrected chi connectivity index (χ4v) is 5.04. The number of halogens is 1. The average molecular weight is 362 g/mol. The van der Waals surface area contributed by atoms with Crippen molar-refractivity contribution >= 4 is 31.3 Å². The van der Waals surface area contributed by atoms with Crippen LogP contribution in [0.3, 0.4) is 0 Å². The summed E-state index contributed by atoms with van der Waals surface area (Å²) in [5, 5.41) is 0.